The van der Waals surface area contributed by atoms with E-state index in [2.05, 4.69) is 15.5 Å². The van der Waals surface area contributed by atoms with Gasteiger partial charge in [0.2, 0.25) is 11.7 Å². The number of aliphatic carboxylic acids is 1. The van der Waals surface area contributed by atoms with Crippen LogP contribution < -0.4 is 20.4 Å². The van der Waals surface area contributed by atoms with E-state index < -0.39 is 35.2 Å². The molecule has 0 radical (unpaired) electrons. The van der Waals surface area contributed by atoms with Crippen LogP contribution >= 0.6 is 23.1 Å². The Kier molecular flexibility index (Phi) is 7.73. The number of thioether (sulfide) groups is 1. The zero-order chi connectivity index (χ0) is 30.1. The van der Waals surface area contributed by atoms with Crippen LogP contribution in [0.25, 0.3) is 5.65 Å². The Bertz CT molecular complexity index is 1770. The number of pyridine rings is 1. The van der Waals surface area contributed by atoms with Crippen LogP contribution in [0.3, 0.4) is 0 Å². The van der Waals surface area contributed by atoms with Crippen molar-refractivity contribution in [3.63, 3.8) is 0 Å². The van der Waals surface area contributed by atoms with Gasteiger partial charge >= 0.3 is 11.6 Å². The highest BCUT2D eigenvalue weighted by atomic mass is 32.2. The maximum absolute atomic E-state index is 13.3. The number of fused-ring (bicyclic) bond motifs is 2. The van der Waals surface area contributed by atoms with Crippen molar-refractivity contribution < 1.29 is 33.6 Å². The van der Waals surface area contributed by atoms with Crippen molar-refractivity contribution >= 4 is 57.4 Å². The molecule has 220 valence electrons. The summed E-state index contributed by atoms with van der Waals surface area (Å²) in [5.41, 5.74) is 8.02. The molecule has 1 unspecified atom stereocenters. The van der Waals surface area contributed by atoms with Crippen molar-refractivity contribution in [1.82, 2.24) is 19.6 Å². The lowest BCUT2D eigenvalue weighted by molar-refractivity contribution is -0.663. The van der Waals surface area contributed by atoms with Crippen molar-refractivity contribution in [2.75, 3.05) is 12.8 Å². The molecule has 0 spiro atoms. The Morgan fingerprint density at radius 1 is 1.21 bits per heavy atom. The van der Waals surface area contributed by atoms with E-state index in [0.717, 1.165) is 22.5 Å². The van der Waals surface area contributed by atoms with E-state index >= 15 is 0 Å². The third kappa shape index (κ3) is 5.39. The van der Waals surface area contributed by atoms with Crippen molar-refractivity contribution in [2.24, 2.45) is 5.16 Å². The second-order valence-corrected chi connectivity index (χ2v) is 11.5. The van der Waals surface area contributed by atoms with E-state index in [4.69, 9.17) is 15.3 Å². The summed E-state index contributed by atoms with van der Waals surface area (Å²) in [5.74, 6) is -1.74. The van der Waals surface area contributed by atoms with Gasteiger partial charge in [0.25, 0.3) is 5.91 Å². The first-order chi connectivity index (χ1) is 20.9. The fraction of sp³-hybridized carbons (Fsp3) is 0.214. The summed E-state index contributed by atoms with van der Waals surface area (Å²) in [6, 6.07) is 11.3. The van der Waals surface area contributed by atoms with E-state index in [9.17, 15) is 19.5 Å². The maximum atomic E-state index is 13.3. The molecule has 0 bridgehead atoms. The summed E-state index contributed by atoms with van der Waals surface area (Å²) in [7, 11) is 1.28. The molecule has 1 aromatic carbocycles. The number of hydrogen-bond donors (Lipinski definition) is 3. The normalized spacial score (nSPS) is 19.8. The van der Waals surface area contributed by atoms with Crippen LogP contribution in [0.2, 0.25) is 0 Å². The number of β-lactam (4-membered cyclic amide) rings is 1. The van der Waals surface area contributed by atoms with E-state index in [1.807, 2.05) is 70.0 Å². The first kappa shape index (κ1) is 28.2. The number of anilines is 1. The predicted molar refractivity (Wildman–Crippen MR) is 158 cm³/mol. The molecule has 5 heterocycles. The van der Waals surface area contributed by atoms with E-state index in [1.165, 1.54) is 23.8 Å². The number of carbonyl (C=O) groups is 3. The number of carboxylic acid groups (broad SMARTS) is 1. The van der Waals surface area contributed by atoms with Crippen LogP contribution in [0, 0.1) is 0 Å². The quantitative estimate of drug-likeness (QED) is 0.103. The van der Waals surface area contributed by atoms with Gasteiger partial charge in [0.1, 0.15) is 49.8 Å². The first-order valence-corrected chi connectivity index (χ1v) is 14.9. The van der Waals surface area contributed by atoms with E-state index in [-0.39, 0.29) is 23.1 Å². The van der Waals surface area contributed by atoms with Gasteiger partial charge in [0.05, 0.1) is 6.20 Å². The Morgan fingerprint density at radius 3 is 2.74 bits per heavy atom. The molecular formula is C28H26N7O6S2+. The van der Waals surface area contributed by atoms with Crippen molar-refractivity contribution in [3.8, 4) is 5.75 Å². The lowest BCUT2D eigenvalue weighted by Gasteiger charge is -2.51. The Labute approximate surface area is 253 Å². The van der Waals surface area contributed by atoms with Gasteiger partial charge < -0.3 is 30.6 Å². The number of oxime groups is 1. The van der Waals surface area contributed by atoms with Gasteiger partial charge in [-0.25, -0.2) is 14.3 Å². The Morgan fingerprint density at radius 2 is 2.02 bits per heavy atom. The standard InChI is InChI=1S/C28H25N7O6S2/c1-40-32-20(18-15-43-28(29)30-18)23(36)31-21-25(37)35-22(27(38)39)17(14-42-26(21)35)12-34-11-10-33-9-5-8-19(24(33)34)41-13-16-6-3-2-4-7-16/h2-11,14-15,21-22,26H,12-13H2,1H3,(H3-,29,30,31,36,38,39)/p+1/b32-20-/t21-,22?,26+/m1/s1. The van der Waals surface area contributed by atoms with Gasteiger partial charge in [-0.1, -0.05) is 35.5 Å². The number of imidazole rings is 1. The van der Waals surface area contributed by atoms with Crippen LogP contribution in [-0.2, 0) is 32.4 Å². The Balaban J connectivity index is 1.21. The largest absolute Gasteiger partial charge is 0.481 e. The molecule has 1 saturated heterocycles. The Hall–Kier alpha value is -4.89. The number of hydrogen-bond acceptors (Lipinski definition) is 10. The maximum Gasteiger partial charge on any atom is 0.331 e. The topological polar surface area (TPSA) is 165 Å². The van der Waals surface area contributed by atoms with Crippen LogP contribution in [0.4, 0.5) is 5.13 Å². The van der Waals surface area contributed by atoms with Crippen molar-refractivity contribution in [2.45, 2.75) is 30.6 Å². The smallest absolute Gasteiger partial charge is 0.331 e. The molecule has 2 aliphatic heterocycles. The summed E-state index contributed by atoms with van der Waals surface area (Å²) in [6.07, 6.45) is 5.57. The molecule has 1 fully saturated rings. The van der Waals surface area contributed by atoms with Crippen molar-refractivity contribution in [1.29, 1.82) is 0 Å². The highest BCUT2D eigenvalue weighted by Crippen LogP contribution is 2.40. The second kappa shape index (κ2) is 11.8. The van der Waals surface area contributed by atoms with Crippen LogP contribution in [0.15, 0.2) is 82.6 Å². The fourth-order valence-corrected chi connectivity index (χ4v) is 6.81. The zero-order valence-electron chi connectivity index (χ0n) is 22.7. The molecule has 0 aliphatic carbocycles. The number of nitrogens with zero attached hydrogens (tertiary/aromatic N) is 5. The van der Waals surface area contributed by atoms with Crippen molar-refractivity contribution in [3.05, 3.63) is 88.7 Å². The fourth-order valence-electron chi connectivity index (χ4n) is 5.04. The van der Waals surface area contributed by atoms with Gasteiger partial charge in [-0.15, -0.1) is 23.1 Å². The lowest BCUT2D eigenvalue weighted by atomic mass is 9.97. The molecule has 13 nitrogen and oxygen atoms in total. The SMILES string of the molecule is CO/N=C(\C(=O)N[C@@H]1C(=O)N2C(C(=O)O)C(C[n+]3ccn4cccc(OCc5ccccc5)c43)=CS[C@@H]12)c1csc(N)n1. The van der Waals surface area contributed by atoms with Gasteiger partial charge in [-0.05, 0) is 23.1 Å². The minimum Gasteiger partial charge on any atom is -0.481 e. The molecule has 4 N–H and O–H groups in total. The third-order valence-electron chi connectivity index (χ3n) is 6.98. The number of carbonyl (C=O) groups excluding carboxylic acids is 2. The number of nitrogens with two attached hydrogens (primary N) is 1. The average molecular weight is 621 g/mol. The van der Waals surface area contributed by atoms with E-state index in [1.54, 1.807) is 10.8 Å². The summed E-state index contributed by atoms with van der Waals surface area (Å²) in [6.45, 7) is 0.571. The number of benzene rings is 1. The molecule has 3 atom stereocenters. The van der Waals surface area contributed by atoms with Crippen LogP contribution in [0.1, 0.15) is 11.3 Å². The monoisotopic (exact) mass is 620 g/mol. The molecule has 0 saturated carbocycles. The summed E-state index contributed by atoms with van der Waals surface area (Å²) in [5, 5.41) is 19.5. The zero-order valence-corrected chi connectivity index (χ0v) is 24.3. The second-order valence-electron chi connectivity index (χ2n) is 9.65. The molecular weight excluding hydrogens is 594 g/mol. The van der Waals surface area contributed by atoms with Gasteiger partial charge in [-0.3, -0.25) is 9.59 Å². The number of nitrogens with one attached hydrogen (secondary N) is 1. The minimum absolute atomic E-state index is 0.143. The molecule has 6 rings (SSSR count). The highest BCUT2D eigenvalue weighted by molar-refractivity contribution is 8.02. The molecule has 4 aromatic rings. The molecule has 2 amide bonds. The molecule has 15 heteroatoms. The lowest BCUT2D eigenvalue weighted by Crippen LogP contribution is -2.74. The van der Waals surface area contributed by atoms with Gasteiger partial charge in [0.15, 0.2) is 16.9 Å². The molecule has 2 aliphatic rings. The number of aromatic nitrogens is 3. The third-order valence-corrected chi connectivity index (χ3v) is 8.87. The number of amides is 2. The summed E-state index contributed by atoms with van der Waals surface area (Å²) >= 11 is 2.40. The van der Waals surface area contributed by atoms with Crippen LogP contribution in [0.5, 0.6) is 5.75 Å². The first-order valence-electron chi connectivity index (χ1n) is 13.0. The van der Waals surface area contributed by atoms with E-state index in [0.29, 0.717) is 17.9 Å². The minimum atomic E-state index is -1.21. The van der Waals surface area contributed by atoms with Gasteiger partial charge in [0, 0.05) is 11.0 Å². The highest BCUT2D eigenvalue weighted by Gasteiger charge is 2.56. The summed E-state index contributed by atoms with van der Waals surface area (Å²) in [4.78, 5) is 48.9. The number of carboxylic acids is 1. The average Bonchev–Trinajstić information content (AvgIpc) is 3.63. The molecule has 43 heavy (non-hydrogen) atoms. The van der Waals surface area contributed by atoms with Crippen LogP contribution in [-0.4, -0.2) is 67.5 Å². The summed E-state index contributed by atoms with van der Waals surface area (Å²) < 4.78 is 9.92. The predicted octanol–water partition coefficient (Wildman–Crippen LogP) is 1.63. The van der Waals surface area contributed by atoms with Gasteiger partial charge in [-0.2, -0.15) is 4.40 Å². The number of ether oxygens (including phenoxy) is 1. The number of nitrogen functional groups attached to an aromatic ring is 1. The number of thiazole rings is 1. The molecule has 3 aromatic heterocycles. The number of rotatable bonds is 10.